The zero-order chi connectivity index (χ0) is 18.6. The summed E-state index contributed by atoms with van der Waals surface area (Å²) in [6.45, 7) is 2.21. The molecule has 0 saturated carbocycles. The summed E-state index contributed by atoms with van der Waals surface area (Å²) >= 11 is 0. The number of hydrogen-bond donors (Lipinski definition) is 0. The van der Waals surface area contributed by atoms with E-state index >= 15 is 0 Å². The number of ether oxygens (including phenoxy) is 1. The molecule has 0 aliphatic rings. The second-order valence-electron chi connectivity index (χ2n) is 5.32. The van der Waals surface area contributed by atoms with Crippen molar-refractivity contribution in [2.45, 2.75) is 25.7 Å². The molecule has 25 heavy (non-hydrogen) atoms. The molecule has 0 aliphatic heterocycles. The summed E-state index contributed by atoms with van der Waals surface area (Å²) in [4.78, 5) is 54.6. The van der Waals surface area contributed by atoms with Gasteiger partial charge in [0.2, 0.25) is 24.3 Å². The van der Waals surface area contributed by atoms with Crippen molar-refractivity contribution in [3.63, 3.8) is 0 Å². The van der Waals surface area contributed by atoms with Gasteiger partial charge in [-0.05, 0) is 37.5 Å². The van der Waals surface area contributed by atoms with Gasteiger partial charge in [0.05, 0.1) is 26.2 Å². The molecule has 0 aromatic carbocycles. The molecule has 0 aliphatic carbocycles. The van der Waals surface area contributed by atoms with Crippen LogP contribution < -0.4 is 0 Å². The van der Waals surface area contributed by atoms with Crippen LogP contribution in [0.5, 0.6) is 0 Å². The van der Waals surface area contributed by atoms with Crippen molar-refractivity contribution in [1.29, 1.82) is 0 Å². The van der Waals surface area contributed by atoms with E-state index in [0.29, 0.717) is 65.1 Å². The predicted molar refractivity (Wildman–Crippen MR) is 88.2 cm³/mol. The van der Waals surface area contributed by atoms with E-state index in [1.54, 1.807) is 0 Å². The molecule has 0 heterocycles. The van der Waals surface area contributed by atoms with E-state index in [1.807, 2.05) is 0 Å². The van der Waals surface area contributed by atoms with Crippen LogP contribution in [0.4, 0.5) is 0 Å². The van der Waals surface area contributed by atoms with Crippen molar-refractivity contribution >= 4 is 24.3 Å². The molecule has 0 saturated heterocycles. The van der Waals surface area contributed by atoms with E-state index in [2.05, 4.69) is 20.0 Å². The largest absolute Gasteiger partial charge is 0.381 e. The lowest BCUT2D eigenvalue weighted by Gasteiger charge is -2.18. The Kier molecular flexibility index (Phi) is 16.0. The van der Waals surface area contributed by atoms with Crippen LogP contribution in [-0.4, -0.2) is 63.7 Å². The summed E-state index contributed by atoms with van der Waals surface area (Å²) in [7, 11) is 0. The van der Waals surface area contributed by atoms with Gasteiger partial charge < -0.3 is 4.74 Å². The van der Waals surface area contributed by atoms with Gasteiger partial charge in [-0.2, -0.15) is 0 Å². The van der Waals surface area contributed by atoms with Gasteiger partial charge in [-0.25, -0.2) is 39.1 Å². The second kappa shape index (κ2) is 17.8. The molecule has 0 unspecified atom stereocenters. The van der Waals surface area contributed by atoms with E-state index in [9.17, 15) is 19.2 Å². The van der Waals surface area contributed by atoms with Crippen LogP contribution >= 0.6 is 0 Å². The van der Waals surface area contributed by atoms with Crippen LogP contribution in [0, 0.1) is 11.8 Å². The lowest BCUT2D eigenvalue weighted by molar-refractivity contribution is 0.0642. The Morgan fingerprint density at radius 2 is 0.840 bits per heavy atom. The molecule has 0 amide bonds. The molecule has 0 fully saturated rings. The molecule has 0 N–H and O–H groups in total. The number of rotatable bonds is 16. The third-order valence-electron chi connectivity index (χ3n) is 3.56. The van der Waals surface area contributed by atoms with E-state index < -0.39 is 0 Å². The highest BCUT2D eigenvalue weighted by Gasteiger charge is 2.12. The molecule has 0 aromatic rings. The fourth-order valence-electron chi connectivity index (χ4n) is 2.19. The summed E-state index contributed by atoms with van der Waals surface area (Å²) in [6, 6.07) is 0. The molecule has 9 heteroatoms. The van der Waals surface area contributed by atoms with Crippen LogP contribution in [0.2, 0.25) is 0 Å². The standard InChI is InChI=1S/C16H22N4O5/c21-11-17-5-1-15(2-6-18-12-22)9-25-10-16(3-7-19-13-23)4-8-20-14-24/h15-16H,1-10H2. The van der Waals surface area contributed by atoms with Gasteiger partial charge in [-0.15, -0.1) is 0 Å². The van der Waals surface area contributed by atoms with Crippen molar-refractivity contribution in [2.75, 3.05) is 39.4 Å². The molecule has 0 aromatic heterocycles. The number of hydrogen-bond acceptors (Lipinski definition) is 9. The zero-order valence-corrected chi connectivity index (χ0v) is 14.1. The average Bonchev–Trinajstić information content (AvgIpc) is 2.61. The first-order valence-electron chi connectivity index (χ1n) is 8.00. The van der Waals surface area contributed by atoms with E-state index in [-0.39, 0.29) is 11.8 Å². The summed E-state index contributed by atoms with van der Waals surface area (Å²) in [5.41, 5.74) is 0. The fraction of sp³-hybridized carbons (Fsp3) is 0.750. The fourth-order valence-corrected chi connectivity index (χ4v) is 2.19. The molecule has 0 rings (SSSR count). The average molecular weight is 350 g/mol. The summed E-state index contributed by atoms with van der Waals surface area (Å²) < 4.78 is 5.72. The zero-order valence-electron chi connectivity index (χ0n) is 14.1. The molecular formula is C16H22N4O5. The van der Waals surface area contributed by atoms with Gasteiger partial charge in [0.15, 0.2) is 0 Å². The molecule has 0 radical (unpaired) electrons. The molecular weight excluding hydrogens is 328 g/mol. The minimum atomic E-state index is 0.0934. The molecule has 0 bridgehead atoms. The van der Waals surface area contributed by atoms with Crippen LogP contribution in [0.25, 0.3) is 0 Å². The highest BCUT2D eigenvalue weighted by molar-refractivity contribution is 5.33. The van der Waals surface area contributed by atoms with Crippen LogP contribution in [0.3, 0.4) is 0 Å². The van der Waals surface area contributed by atoms with Gasteiger partial charge >= 0.3 is 0 Å². The van der Waals surface area contributed by atoms with Crippen LogP contribution in [0.15, 0.2) is 20.0 Å². The van der Waals surface area contributed by atoms with Gasteiger partial charge in [-0.3, -0.25) is 0 Å². The van der Waals surface area contributed by atoms with Crippen LogP contribution in [-0.2, 0) is 23.9 Å². The maximum Gasteiger partial charge on any atom is 0.234 e. The molecule has 9 nitrogen and oxygen atoms in total. The topological polar surface area (TPSA) is 127 Å². The first-order valence-corrected chi connectivity index (χ1v) is 8.00. The Balaban J connectivity index is 4.39. The van der Waals surface area contributed by atoms with Crippen molar-refractivity contribution in [3.8, 4) is 0 Å². The minimum Gasteiger partial charge on any atom is -0.381 e. The number of carbonyl (C=O) groups excluding carboxylic acids is 4. The minimum absolute atomic E-state index is 0.0934. The van der Waals surface area contributed by atoms with Crippen molar-refractivity contribution in [3.05, 3.63) is 0 Å². The van der Waals surface area contributed by atoms with E-state index in [0.717, 1.165) is 0 Å². The highest BCUT2D eigenvalue weighted by atomic mass is 16.5. The number of nitrogens with zero attached hydrogens (tertiary/aromatic N) is 4. The number of aliphatic imine (C=N–C) groups is 4. The van der Waals surface area contributed by atoms with Crippen molar-refractivity contribution in [1.82, 2.24) is 0 Å². The van der Waals surface area contributed by atoms with Crippen LogP contribution in [0.1, 0.15) is 25.7 Å². The molecule has 136 valence electrons. The Morgan fingerprint density at radius 1 is 0.560 bits per heavy atom. The third kappa shape index (κ3) is 14.8. The Bertz CT molecular complexity index is 451. The maximum atomic E-state index is 10.1. The summed E-state index contributed by atoms with van der Waals surface area (Å²) in [6.07, 6.45) is 8.44. The van der Waals surface area contributed by atoms with Crippen molar-refractivity contribution < 1.29 is 23.9 Å². The molecule has 0 spiro atoms. The lowest BCUT2D eigenvalue weighted by atomic mass is 10.0. The van der Waals surface area contributed by atoms with E-state index in [1.165, 1.54) is 24.3 Å². The Morgan fingerprint density at radius 3 is 1.08 bits per heavy atom. The maximum absolute atomic E-state index is 10.1. The second-order valence-corrected chi connectivity index (χ2v) is 5.32. The van der Waals surface area contributed by atoms with Gasteiger partial charge in [0.1, 0.15) is 0 Å². The summed E-state index contributed by atoms with van der Waals surface area (Å²) in [5, 5.41) is 0. The lowest BCUT2D eigenvalue weighted by Crippen LogP contribution is -2.18. The van der Waals surface area contributed by atoms with Gasteiger partial charge in [0.25, 0.3) is 0 Å². The third-order valence-corrected chi connectivity index (χ3v) is 3.56. The normalized spacial score (nSPS) is 11.8. The van der Waals surface area contributed by atoms with E-state index in [4.69, 9.17) is 4.74 Å². The molecule has 0 atom stereocenters. The monoisotopic (exact) mass is 350 g/mol. The van der Waals surface area contributed by atoms with Gasteiger partial charge in [0, 0.05) is 13.2 Å². The van der Waals surface area contributed by atoms with Crippen molar-refractivity contribution in [2.24, 2.45) is 31.8 Å². The quantitative estimate of drug-likeness (QED) is 0.305. The summed E-state index contributed by atoms with van der Waals surface area (Å²) in [5.74, 6) is 0.187. The SMILES string of the molecule is O=C=NCCC(CCN=C=O)COCC(CCN=C=O)CCN=C=O. The first kappa shape index (κ1) is 22.5. The van der Waals surface area contributed by atoms with Gasteiger partial charge in [-0.1, -0.05) is 0 Å². The first-order chi connectivity index (χ1) is 12.3. The smallest absolute Gasteiger partial charge is 0.234 e. The number of isocyanates is 4. The predicted octanol–water partition coefficient (Wildman–Crippen LogP) is 1.14. The Labute approximate surface area is 146 Å². The Hall–Kier alpha value is -2.52. The highest BCUT2D eigenvalue weighted by Crippen LogP contribution is 2.14.